The van der Waals surface area contributed by atoms with E-state index in [4.69, 9.17) is 29.6 Å². The van der Waals surface area contributed by atoms with Gasteiger partial charge in [-0.3, -0.25) is 4.79 Å². The van der Waals surface area contributed by atoms with Crippen LogP contribution in [-0.4, -0.2) is 10.9 Å². The van der Waals surface area contributed by atoms with Crippen molar-refractivity contribution in [1.29, 1.82) is 0 Å². The minimum atomic E-state index is -0.281. The molecule has 3 N–H and O–H groups in total. The Morgan fingerprint density at radius 3 is 2.60 bits per heavy atom. The summed E-state index contributed by atoms with van der Waals surface area (Å²) in [5.74, 6) is -0.281. The molecule has 0 spiro atoms. The van der Waals surface area contributed by atoms with Gasteiger partial charge in [0.2, 0.25) is 0 Å². The summed E-state index contributed by atoms with van der Waals surface area (Å²) in [7, 11) is 0. The number of para-hydroxylation sites is 1. The number of carbonyl (C=O) groups is 1. The van der Waals surface area contributed by atoms with E-state index in [1.165, 1.54) is 0 Å². The highest BCUT2D eigenvalue weighted by Gasteiger charge is 2.11. The zero-order valence-corrected chi connectivity index (χ0v) is 13.3. The molecule has 2 aromatic rings. The molecule has 0 unspecified atom stereocenters. The van der Waals surface area contributed by atoms with Gasteiger partial charge in [-0.15, -0.1) is 0 Å². The van der Waals surface area contributed by atoms with Crippen LogP contribution in [0.3, 0.4) is 0 Å². The topological polar surface area (TPSA) is 55.1 Å². The van der Waals surface area contributed by atoms with Gasteiger partial charge in [0, 0.05) is 20.6 Å². The maximum absolute atomic E-state index is 12.2. The van der Waals surface area contributed by atoms with Gasteiger partial charge in [-0.1, -0.05) is 51.9 Å². The van der Waals surface area contributed by atoms with Crippen LogP contribution < -0.4 is 11.1 Å². The van der Waals surface area contributed by atoms with Crippen LogP contribution >= 0.6 is 39.7 Å². The van der Waals surface area contributed by atoms with Gasteiger partial charge in [0.1, 0.15) is 4.99 Å². The standard InChI is InChI=1S/C14H10BrClN2OS/c15-9-5-8(6-10(16)7-9)14(19)18-12-4-2-1-3-11(12)13(17)20/h1-7H,(H2,17,20)(H,18,19). The molecule has 0 aromatic heterocycles. The highest BCUT2D eigenvalue weighted by Crippen LogP contribution is 2.21. The zero-order chi connectivity index (χ0) is 14.7. The number of rotatable bonds is 3. The normalized spacial score (nSPS) is 10.1. The molecule has 0 aliphatic carbocycles. The van der Waals surface area contributed by atoms with Gasteiger partial charge >= 0.3 is 0 Å². The van der Waals surface area contributed by atoms with E-state index in [0.29, 0.717) is 21.8 Å². The van der Waals surface area contributed by atoms with Crippen LogP contribution in [0.2, 0.25) is 5.02 Å². The summed E-state index contributed by atoms with van der Waals surface area (Å²) in [6, 6.07) is 12.1. The van der Waals surface area contributed by atoms with E-state index in [1.807, 2.05) is 0 Å². The number of nitrogens with one attached hydrogen (secondary N) is 1. The third-order valence-corrected chi connectivity index (χ3v) is 3.46. The quantitative estimate of drug-likeness (QED) is 0.804. The second-order valence-corrected chi connectivity index (χ2v) is 5.81. The lowest BCUT2D eigenvalue weighted by Crippen LogP contribution is -2.17. The van der Waals surface area contributed by atoms with Crippen molar-refractivity contribution in [1.82, 2.24) is 0 Å². The largest absolute Gasteiger partial charge is 0.389 e. The fourth-order valence-corrected chi connectivity index (χ4v) is 2.72. The van der Waals surface area contributed by atoms with E-state index in [2.05, 4.69) is 21.2 Å². The number of anilines is 1. The second-order valence-electron chi connectivity index (χ2n) is 4.02. The van der Waals surface area contributed by atoms with Crippen molar-refractivity contribution in [2.45, 2.75) is 0 Å². The first-order chi connectivity index (χ1) is 9.47. The summed E-state index contributed by atoms with van der Waals surface area (Å²) in [6.07, 6.45) is 0. The zero-order valence-electron chi connectivity index (χ0n) is 10.2. The molecule has 1 amide bonds. The van der Waals surface area contributed by atoms with Crippen molar-refractivity contribution in [2.24, 2.45) is 5.73 Å². The van der Waals surface area contributed by atoms with E-state index >= 15 is 0 Å². The number of halogens is 2. The Hall–Kier alpha value is -1.43. The molecule has 0 aliphatic heterocycles. The van der Waals surface area contributed by atoms with Gasteiger partial charge in [0.15, 0.2) is 0 Å². The lowest BCUT2D eigenvalue weighted by Gasteiger charge is -2.10. The van der Waals surface area contributed by atoms with Crippen LogP contribution in [0.25, 0.3) is 0 Å². The second kappa shape index (κ2) is 6.35. The maximum atomic E-state index is 12.2. The molecule has 20 heavy (non-hydrogen) atoms. The monoisotopic (exact) mass is 368 g/mol. The average Bonchev–Trinajstić information content (AvgIpc) is 2.37. The SMILES string of the molecule is NC(=S)c1ccccc1NC(=O)c1cc(Cl)cc(Br)c1. The molecule has 0 saturated heterocycles. The lowest BCUT2D eigenvalue weighted by molar-refractivity contribution is 0.102. The highest BCUT2D eigenvalue weighted by molar-refractivity contribution is 9.10. The van der Waals surface area contributed by atoms with E-state index in [1.54, 1.807) is 42.5 Å². The Kier molecular flexibility index (Phi) is 4.75. The molecule has 6 heteroatoms. The van der Waals surface area contributed by atoms with Crippen LogP contribution in [0.15, 0.2) is 46.9 Å². The van der Waals surface area contributed by atoms with Gasteiger partial charge in [0.25, 0.3) is 5.91 Å². The molecule has 0 heterocycles. The molecule has 102 valence electrons. The summed E-state index contributed by atoms with van der Waals surface area (Å²) in [5.41, 5.74) is 7.27. The summed E-state index contributed by atoms with van der Waals surface area (Å²) >= 11 is 14.2. The fourth-order valence-electron chi connectivity index (χ4n) is 1.69. The lowest BCUT2D eigenvalue weighted by atomic mass is 10.1. The molecule has 0 saturated carbocycles. The first-order valence-corrected chi connectivity index (χ1v) is 7.21. The highest BCUT2D eigenvalue weighted by atomic mass is 79.9. The molecular weight excluding hydrogens is 360 g/mol. The average molecular weight is 370 g/mol. The fraction of sp³-hybridized carbons (Fsp3) is 0. The smallest absolute Gasteiger partial charge is 0.255 e. The van der Waals surface area contributed by atoms with Gasteiger partial charge in [-0.05, 0) is 30.3 Å². The Balaban J connectivity index is 2.30. The number of amides is 1. The van der Waals surface area contributed by atoms with Crippen molar-refractivity contribution in [2.75, 3.05) is 5.32 Å². The Morgan fingerprint density at radius 2 is 1.95 bits per heavy atom. The molecule has 0 bridgehead atoms. The van der Waals surface area contributed by atoms with Gasteiger partial charge in [-0.25, -0.2) is 0 Å². The molecular formula is C14H10BrClN2OS. The molecule has 2 aromatic carbocycles. The van der Waals surface area contributed by atoms with E-state index in [9.17, 15) is 4.79 Å². The van der Waals surface area contributed by atoms with Crippen LogP contribution in [-0.2, 0) is 0 Å². The number of carbonyl (C=O) groups excluding carboxylic acids is 1. The summed E-state index contributed by atoms with van der Waals surface area (Å²) in [5, 5.41) is 3.26. The molecule has 0 aliphatic rings. The van der Waals surface area contributed by atoms with E-state index in [-0.39, 0.29) is 10.9 Å². The third-order valence-electron chi connectivity index (χ3n) is 2.57. The van der Waals surface area contributed by atoms with Crippen LogP contribution in [0.4, 0.5) is 5.69 Å². The number of thiocarbonyl (C=S) groups is 1. The molecule has 0 atom stereocenters. The Morgan fingerprint density at radius 1 is 1.25 bits per heavy atom. The number of benzene rings is 2. The van der Waals surface area contributed by atoms with E-state index in [0.717, 1.165) is 4.47 Å². The van der Waals surface area contributed by atoms with Crippen molar-refractivity contribution in [3.8, 4) is 0 Å². The van der Waals surface area contributed by atoms with Crippen molar-refractivity contribution in [3.63, 3.8) is 0 Å². The minimum absolute atomic E-state index is 0.230. The maximum Gasteiger partial charge on any atom is 0.255 e. The molecule has 3 nitrogen and oxygen atoms in total. The number of hydrogen-bond acceptors (Lipinski definition) is 2. The Labute approximate surface area is 135 Å². The van der Waals surface area contributed by atoms with Crippen molar-refractivity contribution >= 4 is 56.3 Å². The summed E-state index contributed by atoms with van der Waals surface area (Å²) < 4.78 is 0.734. The summed E-state index contributed by atoms with van der Waals surface area (Å²) in [4.78, 5) is 12.4. The van der Waals surface area contributed by atoms with Crippen molar-refractivity contribution < 1.29 is 4.79 Å². The first kappa shape index (κ1) is 15.0. The van der Waals surface area contributed by atoms with E-state index < -0.39 is 0 Å². The van der Waals surface area contributed by atoms with Crippen molar-refractivity contribution in [3.05, 3.63) is 63.1 Å². The third kappa shape index (κ3) is 3.56. The molecule has 0 radical (unpaired) electrons. The first-order valence-electron chi connectivity index (χ1n) is 5.63. The Bertz CT molecular complexity index is 670. The van der Waals surface area contributed by atoms with Gasteiger partial charge in [-0.2, -0.15) is 0 Å². The molecule has 0 fully saturated rings. The van der Waals surface area contributed by atoms with Crippen LogP contribution in [0, 0.1) is 0 Å². The van der Waals surface area contributed by atoms with Crippen LogP contribution in [0.1, 0.15) is 15.9 Å². The predicted molar refractivity (Wildman–Crippen MR) is 89.4 cm³/mol. The predicted octanol–water partition coefficient (Wildman–Crippen LogP) is 3.99. The minimum Gasteiger partial charge on any atom is -0.389 e. The van der Waals surface area contributed by atoms with Gasteiger partial charge in [0.05, 0.1) is 5.69 Å². The van der Waals surface area contributed by atoms with Gasteiger partial charge < -0.3 is 11.1 Å². The molecule has 2 rings (SSSR count). The van der Waals surface area contributed by atoms with Crippen LogP contribution in [0.5, 0.6) is 0 Å². The number of nitrogens with two attached hydrogens (primary N) is 1. The number of hydrogen-bond donors (Lipinski definition) is 2. The summed E-state index contributed by atoms with van der Waals surface area (Å²) in [6.45, 7) is 0.